The third-order valence-electron chi connectivity index (χ3n) is 11.1. The Bertz CT molecular complexity index is 1690. The van der Waals surface area contributed by atoms with Gasteiger partial charge < -0.3 is 19.6 Å². The molecule has 2 aliphatic heterocycles. The van der Waals surface area contributed by atoms with E-state index in [-0.39, 0.29) is 17.6 Å². The number of phenols is 1. The number of hydrogen-bond donors (Lipinski definition) is 2. The number of phenolic OH excluding ortho intramolecular Hbond substituents is 1. The van der Waals surface area contributed by atoms with Crippen molar-refractivity contribution in [2.45, 2.75) is 75.7 Å². The Morgan fingerprint density at radius 3 is 2.57 bits per heavy atom. The molecule has 6 atom stereocenters. The molecule has 2 N–H and O–H groups in total. The summed E-state index contributed by atoms with van der Waals surface area (Å²) in [6, 6.07) is 18.9. The Morgan fingerprint density at radius 2 is 1.85 bits per heavy atom. The minimum Gasteiger partial charge on any atom is -0.508 e. The number of carbonyl (C=O) groups excluding carboxylic acids is 1. The van der Waals surface area contributed by atoms with Crippen molar-refractivity contribution in [3.8, 4) is 23.3 Å². The summed E-state index contributed by atoms with van der Waals surface area (Å²) in [5, 5.41) is 14.4. The minimum absolute atomic E-state index is 0.277. The van der Waals surface area contributed by atoms with Crippen LogP contribution in [0.25, 0.3) is 0 Å². The van der Waals surface area contributed by atoms with Crippen LogP contribution >= 0.6 is 0 Å². The Balaban J connectivity index is 1.18. The van der Waals surface area contributed by atoms with Gasteiger partial charge in [0.1, 0.15) is 17.6 Å². The lowest BCUT2D eigenvalue weighted by Crippen LogP contribution is -2.75. The number of hydrogen-bond acceptors (Lipinski definition) is 3. The molecule has 1 spiro atoms. The summed E-state index contributed by atoms with van der Waals surface area (Å²) >= 11 is 0. The molecule has 1 saturated heterocycles. The van der Waals surface area contributed by atoms with E-state index in [0.29, 0.717) is 29.2 Å². The second kappa shape index (κ2) is 11.4. The van der Waals surface area contributed by atoms with Gasteiger partial charge in [0.15, 0.2) is 0 Å². The number of amides is 1. The number of alkyl halides is 3. The van der Waals surface area contributed by atoms with Crippen LogP contribution < -0.4 is 10.1 Å². The van der Waals surface area contributed by atoms with Gasteiger partial charge in [0.05, 0.1) is 42.7 Å². The molecule has 3 aromatic rings. The van der Waals surface area contributed by atoms with Crippen LogP contribution in [0, 0.1) is 23.7 Å². The van der Waals surface area contributed by atoms with Crippen molar-refractivity contribution in [2.75, 3.05) is 19.6 Å². The normalized spacial score (nSPS) is 28.9. The molecule has 1 amide bonds. The molecule has 4 aliphatic rings. The molecule has 5 nitrogen and oxygen atoms in total. The topological polar surface area (TPSA) is 58.6 Å². The molecule has 0 radical (unpaired) electrons. The van der Waals surface area contributed by atoms with E-state index in [0.717, 1.165) is 85.2 Å². The van der Waals surface area contributed by atoms with Crippen LogP contribution in [0.5, 0.6) is 11.5 Å². The molecule has 46 heavy (non-hydrogen) atoms. The Kier molecular flexibility index (Phi) is 7.59. The molecule has 2 bridgehead atoms. The second-order valence-electron chi connectivity index (χ2n) is 14.1. The van der Waals surface area contributed by atoms with Gasteiger partial charge in [-0.05, 0) is 54.8 Å². The number of carbonyl (C=O) groups is 1. The largest absolute Gasteiger partial charge is 0.508 e. The molecule has 7 rings (SSSR count). The Morgan fingerprint density at radius 1 is 1.09 bits per heavy atom. The van der Waals surface area contributed by atoms with Crippen LogP contribution in [0.2, 0.25) is 0 Å². The maximum Gasteiger partial charge on any atom is 0.416 e. The molecule has 0 aromatic heterocycles. The van der Waals surface area contributed by atoms with E-state index in [1.807, 2.05) is 6.07 Å². The molecule has 1 unspecified atom stereocenters. The minimum atomic E-state index is -4.43. The predicted octanol–water partition coefficient (Wildman–Crippen LogP) is 6.40. The quantitative estimate of drug-likeness (QED) is 0.245. The van der Waals surface area contributed by atoms with Crippen molar-refractivity contribution in [3.05, 3.63) is 94.5 Å². The molecule has 3 aromatic carbocycles. The highest BCUT2D eigenvalue weighted by Crippen LogP contribution is 2.64. The van der Waals surface area contributed by atoms with Crippen LogP contribution in [0.15, 0.2) is 66.7 Å². The number of quaternary nitrogens is 1. The number of piperidine rings is 1. The lowest BCUT2D eigenvalue weighted by atomic mass is 9.50. The number of aromatic hydroxyl groups is 1. The van der Waals surface area contributed by atoms with Gasteiger partial charge in [-0.2, -0.15) is 13.2 Å². The molecule has 2 fully saturated rings. The first-order chi connectivity index (χ1) is 22.0. The maximum absolute atomic E-state index is 13.1. The lowest BCUT2D eigenvalue weighted by Gasteiger charge is -2.63. The van der Waals surface area contributed by atoms with Crippen LogP contribution in [0.3, 0.4) is 0 Å². The van der Waals surface area contributed by atoms with Gasteiger partial charge in [0.2, 0.25) is 0 Å². The van der Waals surface area contributed by atoms with Crippen LogP contribution in [0.4, 0.5) is 13.2 Å². The Labute approximate surface area is 268 Å². The summed E-state index contributed by atoms with van der Waals surface area (Å²) < 4.78 is 46.6. The van der Waals surface area contributed by atoms with Gasteiger partial charge in [0.25, 0.3) is 5.91 Å². The fourth-order valence-corrected chi connectivity index (χ4v) is 9.45. The van der Waals surface area contributed by atoms with Crippen molar-refractivity contribution >= 4 is 5.91 Å². The first-order valence-electron chi connectivity index (χ1n) is 16.4. The van der Waals surface area contributed by atoms with Crippen molar-refractivity contribution in [1.29, 1.82) is 0 Å². The smallest absolute Gasteiger partial charge is 0.416 e. The number of benzene rings is 3. The van der Waals surface area contributed by atoms with Gasteiger partial charge in [-0.3, -0.25) is 4.79 Å². The molecular weight excluding hydrogens is 589 g/mol. The van der Waals surface area contributed by atoms with E-state index in [4.69, 9.17) is 4.74 Å². The predicted molar refractivity (Wildman–Crippen MR) is 169 cm³/mol. The molecule has 2 aliphatic carbocycles. The number of likely N-dealkylation sites (tertiary alicyclic amines) is 1. The van der Waals surface area contributed by atoms with Gasteiger partial charge in [-0.25, -0.2) is 0 Å². The van der Waals surface area contributed by atoms with Crippen molar-refractivity contribution < 1.29 is 32.3 Å². The van der Waals surface area contributed by atoms with Crippen molar-refractivity contribution in [3.63, 3.8) is 0 Å². The lowest BCUT2D eigenvalue weighted by molar-refractivity contribution is -0.964. The molecular formula is C38H40F3N2O3+. The second-order valence-corrected chi connectivity index (χ2v) is 14.1. The van der Waals surface area contributed by atoms with E-state index in [9.17, 15) is 23.1 Å². The third-order valence-corrected chi connectivity index (χ3v) is 11.1. The van der Waals surface area contributed by atoms with Crippen LogP contribution in [-0.2, 0) is 29.2 Å². The van der Waals surface area contributed by atoms with Crippen molar-refractivity contribution in [1.82, 2.24) is 5.32 Å². The molecule has 8 heteroatoms. The van der Waals surface area contributed by atoms with E-state index >= 15 is 0 Å². The highest BCUT2D eigenvalue weighted by atomic mass is 19.4. The summed E-state index contributed by atoms with van der Waals surface area (Å²) in [5.41, 5.74) is 2.76. The fourth-order valence-electron chi connectivity index (χ4n) is 9.45. The summed E-state index contributed by atoms with van der Waals surface area (Å²) in [6.07, 6.45) is -0.307. The van der Waals surface area contributed by atoms with E-state index in [1.165, 1.54) is 17.7 Å². The van der Waals surface area contributed by atoms with E-state index in [1.54, 1.807) is 6.07 Å². The van der Waals surface area contributed by atoms with Gasteiger partial charge in [0, 0.05) is 53.7 Å². The average Bonchev–Trinajstić information content (AvgIpc) is 3.37. The zero-order valence-electron chi connectivity index (χ0n) is 26.2. The summed E-state index contributed by atoms with van der Waals surface area (Å²) in [4.78, 5) is 13.1. The summed E-state index contributed by atoms with van der Waals surface area (Å²) in [7, 11) is 0. The number of halogens is 3. The van der Waals surface area contributed by atoms with E-state index < -0.39 is 17.6 Å². The van der Waals surface area contributed by atoms with E-state index in [2.05, 4.69) is 61.3 Å². The van der Waals surface area contributed by atoms with Crippen molar-refractivity contribution in [2.24, 2.45) is 11.8 Å². The van der Waals surface area contributed by atoms with Gasteiger partial charge in [-0.1, -0.05) is 50.1 Å². The zero-order chi connectivity index (χ0) is 32.3. The third kappa shape index (κ3) is 5.13. The fraction of sp³-hybridized carbons (Fsp3) is 0.447. The molecule has 240 valence electrons. The summed E-state index contributed by atoms with van der Waals surface area (Å²) in [6.45, 7) is 7.73. The zero-order valence-corrected chi connectivity index (χ0v) is 26.2. The standard InChI is InChI=1S/C38H39F3N2O3/c1-24(2)23-43(20-18-25-6-4-3-5-7-25)21-19-37-29-13-14-30(36(37)46-33-16-15-32(44)28(35(33)37)22-31(29)43)42-34(45)17-10-26-8-11-27(12-9-26)38(39,40)41/h3-9,11-12,15-16,24,29-31,36H,13-14,18-23H2,1-2H3,(H-,42,44,45)/p+1/t29-,30-,31+,36-,37-,43?/m0/s1. The van der Waals surface area contributed by atoms with Gasteiger partial charge >= 0.3 is 6.18 Å². The Hall–Kier alpha value is -3.96. The first kappa shape index (κ1) is 30.7. The molecule has 2 heterocycles. The number of ether oxygens (including phenoxy) is 1. The molecule has 1 saturated carbocycles. The number of nitrogens with one attached hydrogen (secondary N) is 1. The number of rotatable bonds is 6. The number of nitrogens with zero attached hydrogens (tertiary/aromatic N) is 1. The summed E-state index contributed by atoms with van der Waals surface area (Å²) in [5.74, 6) is 6.84. The highest BCUT2D eigenvalue weighted by molar-refractivity contribution is 5.94. The van der Waals surface area contributed by atoms with Crippen LogP contribution in [0.1, 0.15) is 60.9 Å². The van der Waals surface area contributed by atoms with Gasteiger partial charge in [-0.15, -0.1) is 0 Å². The average molecular weight is 630 g/mol. The van der Waals surface area contributed by atoms with Crippen LogP contribution in [-0.4, -0.2) is 53.3 Å². The maximum atomic E-state index is 13.1. The monoisotopic (exact) mass is 629 g/mol. The SMILES string of the molecule is CC(C)C[N+]1(CCc2ccccc2)CC[C@@]23c4c5ccc(O)c4C[C@@H]1[C@@H]2CC[C@H](NC(=O)C#Cc1ccc(C(F)(F)F)cc1)[C@@H]3O5. The highest BCUT2D eigenvalue weighted by Gasteiger charge is 2.69. The first-order valence-corrected chi connectivity index (χ1v) is 16.4.